The van der Waals surface area contributed by atoms with Gasteiger partial charge in [-0.3, -0.25) is 20.9 Å². The molecule has 1 heterocycles. The predicted molar refractivity (Wildman–Crippen MR) is 90.9 cm³/mol. The molecule has 0 saturated heterocycles. The molecule has 0 amide bonds. The third-order valence-corrected chi connectivity index (χ3v) is 4.83. The van der Waals surface area contributed by atoms with Crippen LogP contribution in [0.15, 0.2) is 23.2 Å². The molecule has 3 rings (SSSR count). The zero-order valence-electron chi connectivity index (χ0n) is 13.7. The number of carbonyl (C=O) groups is 1. The lowest BCUT2D eigenvalue weighted by Gasteiger charge is -2.25. The van der Waals surface area contributed by atoms with Crippen molar-refractivity contribution in [1.82, 2.24) is 15.8 Å². The van der Waals surface area contributed by atoms with Crippen molar-refractivity contribution in [1.29, 1.82) is 0 Å². The molecule has 2 atom stereocenters. The van der Waals surface area contributed by atoms with E-state index in [0.717, 1.165) is 31.2 Å². The summed E-state index contributed by atoms with van der Waals surface area (Å²) in [4.78, 5) is 17.1. The number of aliphatic carboxylic acids is 1. The number of rotatable bonds is 4. The molecule has 0 spiro atoms. The molecule has 0 fully saturated rings. The predicted octanol–water partition coefficient (Wildman–Crippen LogP) is -0.558. The number of nitrogens with one attached hydrogen (secondary N) is 2. The molecule has 1 aromatic rings. The van der Waals surface area contributed by atoms with Crippen molar-refractivity contribution in [2.45, 2.75) is 37.5 Å². The SMILES string of the molecule is CN(CC(=O)O)C1CCc2ccc(C3(N)N=C(N)NN3)cc2CC1. The molecule has 0 aromatic heterocycles. The van der Waals surface area contributed by atoms with Crippen molar-refractivity contribution in [3.63, 3.8) is 0 Å². The van der Waals surface area contributed by atoms with Gasteiger partial charge in [0.05, 0.1) is 6.54 Å². The van der Waals surface area contributed by atoms with Crippen molar-refractivity contribution < 1.29 is 9.90 Å². The number of nitrogens with zero attached hydrogens (tertiary/aromatic N) is 2. The Balaban J connectivity index is 1.77. The van der Waals surface area contributed by atoms with Gasteiger partial charge in [0, 0.05) is 11.6 Å². The van der Waals surface area contributed by atoms with Crippen molar-refractivity contribution in [3.05, 3.63) is 34.9 Å². The van der Waals surface area contributed by atoms with Crippen LogP contribution in [-0.2, 0) is 23.4 Å². The zero-order chi connectivity index (χ0) is 17.3. The fourth-order valence-corrected chi connectivity index (χ4v) is 3.45. The normalized spacial score (nSPS) is 26.5. The Labute approximate surface area is 140 Å². The topological polar surface area (TPSA) is 129 Å². The third kappa shape index (κ3) is 3.35. The minimum absolute atomic E-state index is 0.0712. The van der Waals surface area contributed by atoms with Crippen LogP contribution >= 0.6 is 0 Å². The number of fused-ring (bicyclic) bond motifs is 1. The maximum Gasteiger partial charge on any atom is 0.317 e. The summed E-state index contributed by atoms with van der Waals surface area (Å²) in [6, 6.07) is 6.40. The van der Waals surface area contributed by atoms with Gasteiger partial charge in [0.1, 0.15) is 0 Å². The third-order valence-electron chi connectivity index (χ3n) is 4.83. The van der Waals surface area contributed by atoms with Crippen LogP contribution in [0.25, 0.3) is 0 Å². The van der Waals surface area contributed by atoms with E-state index < -0.39 is 11.8 Å². The monoisotopic (exact) mass is 332 g/mol. The Bertz CT molecular complexity index is 677. The maximum atomic E-state index is 10.9. The molecular formula is C16H24N6O2. The standard InChI is InChI=1S/C16H24N6O2/c1-22(9-14(23)24)13-6-3-10-2-5-12(8-11(10)4-7-13)16(18)19-15(17)20-21-16/h2,5,8,13,21H,3-4,6-7,9,18H2,1H3,(H,23,24)(H3,17,19,20). The first-order valence-corrected chi connectivity index (χ1v) is 8.09. The second-order valence-electron chi connectivity index (χ2n) is 6.54. The summed E-state index contributed by atoms with van der Waals surface area (Å²) in [7, 11) is 1.88. The first kappa shape index (κ1) is 16.7. The number of guanidine groups is 1. The first-order chi connectivity index (χ1) is 11.4. The number of carboxylic acid groups (broad SMARTS) is 1. The van der Waals surface area contributed by atoms with E-state index in [0.29, 0.717) is 0 Å². The number of aryl methyl sites for hydroxylation is 2. The first-order valence-electron chi connectivity index (χ1n) is 8.09. The van der Waals surface area contributed by atoms with Crippen molar-refractivity contribution in [2.24, 2.45) is 16.5 Å². The number of hydrogen-bond donors (Lipinski definition) is 5. The summed E-state index contributed by atoms with van der Waals surface area (Å²) in [5.74, 6) is -1.57. The highest BCUT2D eigenvalue weighted by atomic mass is 16.4. The Morgan fingerprint density at radius 2 is 2.12 bits per heavy atom. The number of benzene rings is 1. The summed E-state index contributed by atoms with van der Waals surface area (Å²) >= 11 is 0. The minimum atomic E-state index is -1.05. The molecule has 2 aliphatic rings. The Morgan fingerprint density at radius 3 is 2.75 bits per heavy atom. The highest BCUT2D eigenvalue weighted by molar-refractivity contribution is 5.79. The lowest BCUT2D eigenvalue weighted by atomic mass is 9.97. The van der Waals surface area contributed by atoms with E-state index in [4.69, 9.17) is 16.6 Å². The van der Waals surface area contributed by atoms with Gasteiger partial charge in [-0.05, 0) is 43.9 Å². The highest BCUT2D eigenvalue weighted by Crippen LogP contribution is 2.27. The molecule has 1 aliphatic heterocycles. The second kappa shape index (κ2) is 6.39. The van der Waals surface area contributed by atoms with Gasteiger partial charge in [-0.25, -0.2) is 4.99 Å². The molecular weight excluding hydrogens is 308 g/mol. The number of hydrazine groups is 1. The minimum Gasteiger partial charge on any atom is -0.480 e. The molecule has 2 unspecified atom stereocenters. The summed E-state index contributed by atoms with van der Waals surface area (Å²) < 4.78 is 0. The van der Waals surface area contributed by atoms with Crippen LogP contribution in [0.5, 0.6) is 0 Å². The van der Waals surface area contributed by atoms with E-state index in [2.05, 4.69) is 28.0 Å². The Hall–Kier alpha value is -2.16. The van der Waals surface area contributed by atoms with Gasteiger partial charge in [0.2, 0.25) is 11.7 Å². The number of hydrogen-bond acceptors (Lipinski definition) is 7. The highest BCUT2D eigenvalue weighted by Gasteiger charge is 2.32. The van der Waals surface area contributed by atoms with Crippen LogP contribution in [0.3, 0.4) is 0 Å². The fraction of sp³-hybridized carbons (Fsp3) is 0.500. The van der Waals surface area contributed by atoms with Crippen LogP contribution < -0.4 is 22.3 Å². The number of aliphatic imine (C=N–C) groups is 1. The lowest BCUT2D eigenvalue weighted by molar-refractivity contribution is -0.138. The average molecular weight is 332 g/mol. The average Bonchev–Trinajstić information content (AvgIpc) is 2.75. The summed E-state index contributed by atoms with van der Waals surface area (Å²) in [5, 5.41) is 8.97. The van der Waals surface area contributed by atoms with Gasteiger partial charge in [-0.1, -0.05) is 18.2 Å². The Kier molecular flexibility index (Phi) is 4.44. The van der Waals surface area contributed by atoms with E-state index in [9.17, 15) is 4.79 Å². The van der Waals surface area contributed by atoms with E-state index in [1.807, 2.05) is 18.0 Å². The maximum absolute atomic E-state index is 10.9. The lowest BCUT2D eigenvalue weighted by Crippen LogP contribution is -2.50. The van der Waals surface area contributed by atoms with Crippen LogP contribution in [0.4, 0.5) is 0 Å². The zero-order valence-corrected chi connectivity index (χ0v) is 13.7. The van der Waals surface area contributed by atoms with Crippen molar-refractivity contribution in [3.8, 4) is 0 Å². The van der Waals surface area contributed by atoms with Gasteiger partial charge in [0.15, 0.2) is 0 Å². The quantitative estimate of drug-likeness (QED) is 0.467. The van der Waals surface area contributed by atoms with Gasteiger partial charge in [-0.2, -0.15) is 5.43 Å². The summed E-state index contributed by atoms with van der Waals surface area (Å²) in [6.45, 7) is 0.0712. The smallest absolute Gasteiger partial charge is 0.317 e. The van der Waals surface area contributed by atoms with Gasteiger partial charge < -0.3 is 10.8 Å². The van der Waals surface area contributed by atoms with E-state index >= 15 is 0 Å². The van der Waals surface area contributed by atoms with E-state index in [1.165, 1.54) is 11.1 Å². The molecule has 0 saturated carbocycles. The molecule has 8 nitrogen and oxygen atoms in total. The molecule has 1 aliphatic carbocycles. The van der Waals surface area contributed by atoms with Gasteiger partial charge in [-0.15, -0.1) is 0 Å². The Morgan fingerprint density at radius 1 is 1.42 bits per heavy atom. The molecule has 130 valence electrons. The van der Waals surface area contributed by atoms with E-state index in [1.54, 1.807) is 0 Å². The fourth-order valence-electron chi connectivity index (χ4n) is 3.45. The number of nitrogens with two attached hydrogens (primary N) is 2. The molecule has 1 aromatic carbocycles. The largest absolute Gasteiger partial charge is 0.480 e. The van der Waals surface area contributed by atoms with Gasteiger partial charge in [0.25, 0.3) is 0 Å². The van der Waals surface area contributed by atoms with Crippen LogP contribution in [0, 0.1) is 0 Å². The number of likely N-dealkylation sites (N-methyl/N-ethyl adjacent to an activating group) is 1. The van der Waals surface area contributed by atoms with Crippen LogP contribution in [-0.4, -0.2) is 41.6 Å². The van der Waals surface area contributed by atoms with Crippen molar-refractivity contribution >= 4 is 11.9 Å². The van der Waals surface area contributed by atoms with Crippen LogP contribution in [0.2, 0.25) is 0 Å². The van der Waals surface area contributed by atoms with Crippen LogP contribution in [0.1, 0.15) is 29.5 Å². The summed E-state index contributed by atoms with van der Waals surface area (Å²) in [6.07, 6.45) is 3.70. The van der Waals surface area contributed by atoms with Gasteiger partial charge >= 0.3 is 5.97 Å². The second-order valence-corrected chi connectivity index (χ2v) is 6.54. The molecule has 7 N–H and O–H groups in total. The molecule has 0 bridgehead atoms. The molecule has 24 heavy (non-hydrogen) atoms. The molecule has 0 radical (unpaired) electrons. The van der Waals surface area contributed by atoms with Crippen molar-refractivity contribution in [2.75, 3.05) is 13.6 Å². The number of carboxylic acids is 1. The molecule has 8 heteroatoms. The van der Waals surface area contributed by atoms with E-state index in [-0.39, 0.29) is 18.5 Å². The summed E-state index contributed by atoms with van der Waals surface area (Å²) in [5.41, 5.74) is 20.9.